The summed E-state index contributed by atoms with van der Waals surface area (Å²) < 4.78 is 5.41. The molecule has 0 aliphatic heterocycles. The molecule has 0 aliphatic rings. The summed E-state index contributed by atoms with van der Waals surface area (Å²) in [5, 5.41) is 20.4. The van der Waals surface area contributed by atoms with E-state index in [1.807, 2.05) is 0 Å². The Morgan fingerprint density at radius 2 is 1.73 bits per heavy atom. The molecule has 6 nitrogen and oxygen atoms in total. The van der Waals surface area contributed by atoms with E-state index in [9.17, 15) is 14.9 Å². The molecule has 2 aromatic carbocycles. The summed E-state index contributed by atoms with van der Waals surface area (Å²) in [5.41, 5.74) is -1.04. The quantitative estimate of drug-likeness (QED) is 0.467. The summed E-state index contributed by atoms with van der Waals surface area (Å²) in [6.45, 7) is 0. The Labute approximate surface area is 138 Å². The minimum absolute atomic E-state index is 0.0586. The molecule has 0 radical (unpaired) electrons. The third kappa shape index (κ3) is 3.41. The number of halogens is 3. The summed E-state index contributed by atoms with van der Waals surface area (Å²) in [6.07, 6.45) is 0. The Bertz CT molecular complexity index is 779. The van der Waals surface area contributed by atoms with Crippen molar-refractivity contribution in [3.63, 3.8) is 0 Å². The van der Waals surface area contributed by atoms with E-state index < -0.39 is 22.1 Å². The van der Waals surface area contributed by atoms with Gasteiger partial charge >= 0.3 is 5.97 Å². The van der Waals surface area contributed by atoms with Crippen LogP contribution < -0.4 is 4.74 Å². The fourth-order valence-corrected chi connectivity index (χ4v) is 2.19. The normalized spacial score (nSPS) is 10.3. The first kappa shape index (κ1) is 16.4. The molecule has 0 heterocycles. The maximum absolute atomic E-state index is 11.1. The molecule has 114 valence electrons. The van der Waals surface area contributed by atoms with E-state index in [2.05, 4.69) is 0 Å². The van der Waals surface area contributed by atoms with Crippen molar-refractivity contribution in [2.75, 3.05) is 0 Å². The topological polar surface area (TPSA) is 89.7 Å². The first-order valence-corrected chi connectivity index (χ1v) is 6.77. The second-order valence-electron chi connectivity index (χ2n) is 4.04. The third-order valence-electron chi connectivity index (χ3n) is 2.60. The average Bonchev–Trinajstić information content (AvgIpc) is 2.44. The highest BCUT2D eigenvalue weighted by molar-refractivity contribution is 6.43. The van der Waals surface area contributed by atoms with Crippen LogP contribution in [0.3, 0.4) is 0 Å². The van der Waals surface area contributed by atoms with E-state index >= 15 is 0 Å². The van der Waals surface area contributed by atoms with Crippen LogP contribution in [0.2, 0.25) is 15.1 Å². The molecule has 22 heavy (non-hydrogen) atoms. The lowest BCUT2D eigenvalue weighted by Crippen LogP contribution is -2.02. The van der Waals surface area contributed by atoms with Gasteiger partial charge in [0, 0.05) is 18.2 Å². The highest BCUT2D eigenvalue weighted by Crippen LogP contribution is 2.37. The van der Waals surface area contributed by atoms with Crippen molar-refractivity contribution in [3.05, 3.63) is 61.1 Å². The van der Waals surface area contributed by atoms with Crippen molar-refractivity contribution in [2.45, 2.75) is 0 Å². The minimum Gasteiger partial charge on any atom is -0.477 e. The predicted molar refractivity (Wildman–Crippen MR) is 81.6 cm³/mol. The van der Waals surface area contributed by atoms with E-state index in [4.69, 9.17) is 44.6 Å². The molecule has 0 fully saturated rings. The number of benzene rings is 2. The summed E-state index contributed by atoms with van der Waals surface area (Å²) in [6, 6.07) is 6.03. The highest BCUT2D eigenvalue weighted by Gasteiger charge is 2.21. The van der Waals surface area contributed by atoms with E-state index in [0.717, 1.165) is 12.1 Å². The number of hydrogen-bond acceptors (Lipinski definition) is 4. The third-order valence-corrected chi connectivity index (χ3v) is 3.62. The smallest absolute Gasteiger partial charge is 0.342 e. The highest BCUT2D eigenvalue weighted by atomic mass is 35.5. The SMILES string of the molecule is O=C(O)c1cc(Oc2cc(Cl)c(Cl)cc2Cl)ccc1[N+](=O)[O-]. The average molecular weight is 363 g/mol. The van der Waals surface area contributed by atoms with Gasteiger partial charge in [0.25, 0.3) is 5.69 Å². The molecule has 0 saturated carbocycles. The number of nitro benzene ring substituents is 1. The van der Waals surface area contributed by atoms with Crippen molar-refractivity contribution >= 4 is 46.5 Å². The summed E-state index contributed by atoms with van der Waals surface area (Å²) in [4.78, 5) is 21.1. The lowest BCUT2D eigenvalue weighted by molar-refractivity contribution is -0.385. The second-order valence-corrected chi connectivity index (χ2v) is 5.26. The number of nitrogens with zero attached hydrogens (tertiary/aromatic N) is 1. The van der Waals surface area contributed by atoms with E-state index in [1.165, 1.54) is 18.2 Å². The predicted octanol–water partition coefficient (Wildman–Crippen LogP) is 5.05. The standard InChI is InChI=1S/C13H6Cl3NO5/c14-8-4-10(16)12(5-9(8)15)22-6-1-2-11(17(20)21)7(3-6)13(18)19/h1-5H,(H,18,19). The van der Waals surface area contributed by atoms with E-state index in [0.29, 0.717) is 0 Å². The van der Waals surface area contributed by atoms with Crippen molar-refractivity contribution in [2.24, 2.45) is 0 Å². The number of ether oxygens (including phenoxy) is 1. The van der Waals surface area contributed by atoms with Gasteiger partial charge < -0.3 is 9.84 Å². The molecule has 0 bridgehead atoms. The number of hydrogen-bond donors (Lipinski definition) is 1. The minimum atomic E-state index is -1.45. The molecule has 2 rings (SSSR count). The number of aromatic carboxylic acids is 1. The van der Waals surface area contributed by atoms with Crippen LogP contribution in [0.4, 0.5) is 5.69 Å². The molecule has 0 unspecified atom stereocenters. The van der Waals surface area contributed by atoms with Crippen molar-refractivity contribution < 1.29 is 19.6 Å². The molecule has 0 saturated heterocycles. The maximum atomic E-state index is 11.1. The maximum Gasteiger partial charge on any atom is 0.342 e. The first-order valence-electron chi connectivity index (χ1n) is 5.63. The fraction of sp³-hybridized carbons (Fsp3) is 0. The molecule has 9 heteroatoms. The van der Waals surface area contributed by atoms with Gasteiger partial charge in [-0.2, -0.15) is 0 Å². The molecule has 0 amide bonds. The van der Waals surface area contributed by atoms with E-state index in [1.54, 1.807) is 0 Å². The van der Waals surface area contributed by atoms with Crippen molar-refractivity contribution in [1.29, 1.82) is 0 Å². The second kappa shape index (κ2) is 6.39. The summed E-state index contributed by atoms with van der Waals surface area (Å²) in [5.74, 6) is -1.25. The van der Waals surface area contributed by atoms with Gasteiger partial charge in [-0.25, -0.2) is 4.79 Å². The van der Waals surface area contributed by atoms with Gasteiger partial charge in [-0.15, -0.1) is 0 Å². The van der Waals surface area contributed by atoms with Gasteiger partial charge in [0.05, 0.1) is 20.0 Å². The molecular formula is C13H6Cl3NO5. The lowest BCUT2D eigenvalue weighted by atomic mass is 10.1. The van der Waals surface area contributed by atoms with Gasteiger partial charge in [0.1, 0.15) is 17.1 Å². The molecule has 0 aliphatic carbocycles. The molecular weight excluding hydrogens is 357 g/mol. The summed E-state index contributed by atoms with van der Waals surface area (Å²) >= 11 is 17.6. The molecule has 1 N–H and O–H groups in total. The molecule has 0 aromatic heterocycles. The van der Waals surface area contributed by atoms with Gasteiger partial charge in [0.15, 0.2) is 0 Å². The zero-order valence-corrected chi connectivity index (χ0v) is 12.8. The van der Waals surface area contributed by atoms with Gasteiger partial charge in [-0.1, -0.05) is 34.8 Å². The number of rotatable bonds is 4. The van der Waals surface area contributed by atoms with Gasteiger partial charge in [0.2, 0.25) is 0 Å². The van der Waals surface area contributed by atoms with Crippen LogP contribution in [0.15, 0.2) is 30.3 Å². The zero-order chi connectivity index (χ0) is 16.4. The van der Waals surface area contributed by atoms with E-state index in [-0.39, 0.29) is 26.6 Å². The van der Waals surface area contributed by atoms with Crippen LogP contribution in [-0.4, -0.2) is 16.0 Å². The number of carboxylic acids is 1. The van der Waals surface area contributed by atoms with Crippen LogP contribution in [0.1, 0.15) is 10.4 Å². The fourth-order valence-electron chi connectivity index (χ4n) is 1.62. The van der Waals surface area contributed by atoms with Gasteiger partial charge in [-0.3, -0.25) is 10.1 Å². The van der Waals surface area contributed by atoms with Crippen molar-refractivity contribution in [3.8, 4) is 11.5 Å². The van der Waals surface area contributed by atoms with Crippen LogP contribution in [0, 0.1) is 10.1 Å². The van der Waals surface area contributed by atoms with Crippen molar-refractivity contribution in [1.82, 2.24) is 0 Å². The van der Waals surface area contributed by atoms with Crippen LogP contribution in [0.5, 0.6) is 11.5 Å². The van der Waals surface area contributed by atoms with Crippen LogP contribution >= 0.6 is 34.8 Å². The largest absolute Gasteiger partial charge is 0.477 e. The molecule has 0 atom stereocenters. The Balaban J connectivity index is 2.43. The van der Waals surface area contributed by atoms with Crippen LogP contribution in [-0.2, 0) is 0 Å². The number of carboxylic acid groups (broad SMARTS) is 1. The van der Waals surface area contributed by atoms with Crippen LogP contribution in [0.25, 0.3) is 0 Å². The Hall–Kier alpha value is -2.02. The lowest BCUT2D eigenvalue weighted by Gasteiger charge is -2.09. The first-order chi connectivity index (χ1) is 10.3. The Kier molecular flexibility index (Phi) is 4.75. The number of nitro groups is 1. The monoisotopic (exact) mass is 361 g/mol. The molecule has 2 aromatic rings. The molecule has 0 spiro atoms. The Morgan fingerprint density at radius 1 is 1.09 bits per heavy atom. The van der Waals surface area contributed by atoms with Gasteiger partial charge in [-0.05, 0) is 12.1 Å². The zero-order valence-electron chi connectivity index (χ0n) is 10.5. The summed E-state index contributed by atoms with van der Waals surface area (Å²) in [7, 11) is 0. The number of carbonyl (C=O) groups is 1. The Morgan fingerprint density at radius 3 is 2.32 bits per heavy atom.